The molecule has 0 N–H and O–H groups in total. The lowest BCUT2D eigenvalue weighted by Crippen LogP contribution is -2.37. The fourth-order valence-electron chi connectivity index (χ4n) is 3.53. The van der Waals surface area contributed by atoms with Crippen LogP contribution in [0.1, 0.15) is 37.2 Å². The molecular weight excluding hydrogens is 224 g/mol. The van der Waals surface area contributed by atoms with Gasteiger partial charge >= 0.3 is 5.97 Å². The Morgan fingerprint density at radius 1 is 1.22 bits per heavy atom. The van der Waals surface area contributed by atoms with Gasteiger partial charge in [-0.25, -0.2) is 0 Å². The highest BCUT2D eigenvalue weighted by Crippen LogP contribution is 2.54. The Kier molecular flexibility index (Phi) is 2.73. The van der Waals surface area contributed by atoms with Gasteiger partial charge < -0.3 is 4.74 Å². The van der Waals surface area contributed by atoms with Crippen LogP contribution in [-0.4, -0.2) is 12.6 Å². The van der Waals surface area contributed by atoms with Crippen LogP contribution in [0.4, 0.5) is 0 Å². The number of carbonyl (C=O) groups is 1. The molecule has 94 valence electrons. The summed E-state index contributed by atoms with van der Waals surface area (Å²) in [7, 11) is 0. The molecule has 2 unspecified atom stereocenters. The monoisotopic (exact) mass is 242 g/mol. The first-order valence-corrected chi connectivity index (χ1v) is 6.65. The summed E-state index contributed by atoms with van der Waals surface area (Å²) >= 11 is 0. The van der Waals surface area contributed by atoms with E-state index in [1.54, 1.807) is 0 Å². The summed E-state index contributed by atoms with van der Waals surface area (Å²) in [5.41, 5.74) is 1.78. The summed E-state index contributed by atoms with van der Waals surface area (Å²) in [6.45, 7) is 4.52. The van der Waals surface area contributed by atoms with Crippen molar-refractivity contribution < 1.29 is 9.53 Å². The second-order valence-electron chi connectivity index (χ2n) is 5.36. The highest BCUT2D eigenvalue weighted by Gasteiger charge is 2.54. The standard InChI is InChI=1S/C16H18O2/c1-12-11-18-15(17)16(12)10-6-5-9-14(16)13-7-3-2-4-8-13/h2-4,7-8,14H,1,5-6,9-11H2. The quantitative estimate of drug-likeness (QED) is 0.557. The highest BCUT2D eigenvalue weighted by atomic mass is 16.5. The molecule has 2 aliphatic rings. The molecule has 0 amide bonds. The Balaban J connectivity index is 2.06. The number of cyclic esters (lactones) is 1. The van der Waals surface area contributed by atoms with Crippen LogP contribution < -0.4 is 0 Å². The van der Waals surface area contributed by atoms with Gasteiger partial charge in [0.1, 0.15) is 6.61 Å². The molecule has 0 aromatic heterocycles. The summed E-state index contributed by atoms with van der Waals surface area (Å²) < 4.78 is 5.27. The molecule has 0 radical (unpaired) electrons. The number of rotatable bonds is 1. The minimum Gasteiger partial charge on any atom is -0.460 e. The van der Waals surface area contributed by atoms with Crippen molar-refractivity contribution in [2.24, 2.45) is 5.41 Å². The molecule has 1 heterocycles. The maximum atomic E-state index is 12.3. The average molecular weight is 242 g/mol. The van der Waals surface area contributed by atoms with Crippen LogP contribution in [0.25, 0.3) is 0 Å². The van der Waals surface area contributed by atoms with Crippen LogP contribution in [0.15, 0.2) is 42.5 Å². The normalized spacial score (nSPS) is 31.7. The van der Waals surface area contributed by atoms with Gasteiger partial charge in [0.25, 0.3) is 0 Å². The largest absolute Gasteiger partial charge is 0.460 e. The summed E-state index contributed by atoms with van der Waals surface area (Å²) in [5, 5.41) is 0. The zero-order valence-corrected chi connectivity index (χ0v) is 10.5. The van der Waals surface area contributed by atoms with Gasteiger partial charge in [-0.2, -0.15) is 0 Å². The molecule has 1 spiro atoms. The molecule has 2 heteroatoms. The van der Waals surface area contributed by atoms with Gasteiger partial charge in [-0.1, -0.05) is 49.8 Å². The van der Waals surface area contributed by atoms with Crippen molar-refractivity contribution in [3.05, 3.63) is 48.0 Å². The van der Waals surface area contributed by atoms with Gasteiger partial charge in [0.15, 0.2) is 0 Å². The minimum atomic E-state index is -0.445. The van der Waals surface area contributed by atoms with Crippen molar-refractivity contribution in [1.29, 1.82) is 0 Å². The van der Waals surface area contributed by atoms with Gasteiger partial charge in [-0.05, 0) is 24.0 Å². The van der Waals surface area contributed by atoms with Gasteiger partial charge in [0.05, 0.1) is 5.41 Å². The third-order valence-electron chi connectivity index (χ3n) is 4.48. The van der Waals surface area contributed by atoms with E-state index in [0.717, 1.165) is 24.8 Å². The highest BCUT2D eigenvalue weighted by molar-refractivity contribution is 5.85. The van der Waals surface area contributed by atoms with E-state index in [1.165, 1.54) is 12.0 Å². The number of carbonyl (C=O) groups excluding carboxylic acids is 1. The van der Waals surface area contributed by atoms with Crippen molar-refractivity contribution in [2.75, 3.05) is 6.61 Å². The van der Waals surface area contributed by atoms with Crippen molar-refractivity contribution in [2.45, 2.75) is 31.6 Å². The van der Waals surface area contributed by atoms with E-state index < -0.39 is 5.41 Å². The second kappa shape index (κ2) is 4.27. The predicted octanol–water partition coefficient (Wildman–Crippen LogP) is 3.44. The molecule has 18 heavy (non-hydrogen) atoms. The van der Waals surface area contributed by atoms with E-state index in [1.807, 2.05) is 18.2 Å². The summed E-state index contributed by atoms with van der Waals surface area (Å²) in [6, 6.07) is 10.3. The Morgan fingerprint density at radius 2 is 2.00 bits per heavy atom. The average Bonchev–Trinajstić information content (AvgIpc) is 2.70. The summed E-state index contributed by atoms with van der Waals surface area (Å²) in [5.74, 6) is 0.191. The third-order valence-corrected chi connectivity index (χ3v) is 4.48. The van der Waals surface area contributed by atoms with Crippen LogP contribution in [0.2, 0.25) is 0 Å². The van der Waals surface area contributed by atoms with Crippen LogP contribution in [-0.2, 0) is 9.53 Å². The fraction of sp³-hybridized carbons (Fsp3) is 0.438. The van der Waals surface area contributed by atoms with Crippen molar-refractivity contribution in [3.63, 3.8) is 0 Å². The van der Waals surface area contributed by atoms with Crippen LogP contribution in [0, 0.1) is 5.41 Å². The maximum absolute atomic E-state index is 12.3. The van der Waals surface area contributed by atoms with E-state index in [9.17, 15) is 4.79 Å². The zero-order valence-electron chi connectivity index (χ0n) is 10.5. The van der Waals surface area contributed by atoms with Crippen molar-refractivity contribution >= 4 is 5.97 Å². The first kappa shape index (κ1) is 11.5. The first-order chi connectivity index (χ1) is 8.75. The Bertz CT molecular complexity index is 459. The fourth-order valence-corrected chi connectivity index (χ4v) is 3.53. The third kappa shape index (κ3) is 1.52. The molecule has 2 atom stereocenters. The molecule has 2 nitrogen and oxygen atoms in total. The van der Waals surface area contributed by atoms with Crippen molar-refractivity contribution in [1.82, 2.24) is 0 Å². The molecule has 1 aromatic rings. The molecule has 1 saturated heterocycles. The van der Waals surface area contributed by atoms with Gasteiger partial charge in [-0.3, -0.25) is 4.79 Å². The second-order valence-corrected chi connectivity index (χ2v) is 5.36. The lowest BCUT2D eigenvalue weighted by Gasteiger charge is -2.39. The molecule has 1 aliphatic heterocycles. The van der Waals surface area contributed by atoms with Crippen LogP contribution >= 0.6 is 0 Å². The number of ether oxygens (including phenoxy) is 1. The maximum Gasteiger partial charge on any atom is 0.317 e. The molecule has 3 rings (SSSR count). The van der Waals surface area contributed by atoms with Gasteiger partial charge in [0, 0.05) is 5.92 Å². The van der Waals surface area contributed by atoms with Crippen LogP contribution in [0.5, 0.6) is 0 Å². The van der Waals surface area contributed by atoms with Gasteiger partial charge in [0.2, 0.25) is 0 Å². The number of hydrogen-bond donors (Lipinski definition) is 0. The topological polar surface area (TPSA) is 26.3 Å². The predicted molar refractivity (Wildman–Crippen MR) is 70.2 cm³/mol. The van der Waals surface area contributed by atoms with E-state index in [2.05, 4.69) is 18.7 Å². The van der Waals surface area contributed by atoms with E-state index in [-0.39, 0.29) is 11.9 Å². The molecule has 1 aromatic carbocycles. The Labute approximate surface area is 108 Å². The lowest BCUT2D eigenvalue weighted by molar-refractivity contribution is -0.148. The Hall–Kier alpha value is -1.57. The number of esters is 1. The molecule has 1 saturated carbocycles. The number of benzene rings is 1. The number of hydrogen-bond acceptors (Lipinski definition) is 2. The van der Waals surface area contributed by atoms with E-state index in [0.29, 0.717) is 6.61 Å². The minimum absolute atomic E-state index is 0.0546. The van der Waals surface area contributed by atoms with Gasteiger partial charge in [-0.15, -0.1) is 0 Å². The molecule has 1 aliphatic carbocycles. The Morgan fingerprint density at radius 3 is 2.67 bits per heavy atom. The molecular formula is C16H18O2. The first-order valence-electron chi connectivity index (χ1n) is 6.65. The summed E-state index contributed by atoms with van der Waals surface area (Å²) in [4.78, 5) is 12.3. The van der Waals surface area contributed by atoms with E-state index >= 15 is 0 Å². The lowest BCUT2D eigenvalue weighted by atomic mass is 9.61. The van der Waals surface area contributed by atoms with Crippen LogP contribution in [0.3, 0.4) is 0 Å². The smallest absolute Gasteiger partial charge is 0.317 e. The molecule has 0 bridgehead atoms. The van der Waals surface area contributed by atoms with Crippen molar-refractivity contribution in [3.8, 4) is 0 Å². The van der Waals surface area contributed by atoms with E-state index in [4.69, 9.17) is 4.74 Å². The summed E-state index contributed by atoms with van der Waals surface area (Å²) in [6.07, 6.45) is 4.22. The molecule has 2 fully saturated rings. The zero-order chi connectivity index (χ0) is 12.6. The SMILES string of the molecule is C=C1COC(=O)C12CCCCC2c1ccccc1.